The summed E-state index contributed by atoms with van der Waals surface area (Å²) in [6, 6.07) is 3.94. The molecule has 0 aliphatic rings. The van der Waals surface area contributed by atoms with Gasteiger partial charge in [-0.15, -0.1) is 0 Å². The summed E-state index contributed by atoms with van der Waals surface area (Å²) in [7, 11) is 0. The maximum absolute atomic E-state index is 12.3. The van der Waals surface area contributed by atoms with Crippen molar-refractivity contribution in [2.75, 3.05) is 6.61 Å². The molecule has 0 heterocycles. The first kappa shape index (κ1) is 18.1. The average molecular weight is 302 g/mol. The van der Waals surface area contributed by atoms with Gasteiger partial charge in [0.1, 0.15) is 0 Å². The molecule has 120 valence electrons. The molecule has 1 rings (SSSR count). The van der Waals surface area contributed by atoms with Gasteiger partial charge in [-0.3, -0.25) is 4.79 Å². The van der Waals surface area contributed by atoms with Crippen LogP contribution in [0.1, 0.15) is 54.2 Å². The van der Waals surface area contributed by atoms with Crippen molar-refractivity contribution in [3.8, 4) is 0 Å². The topological polar surface area (TPSA) is 43.4 Å². The molecule has 0 spiro atoms. The summed E-state index contributed by atoms with van der Waals surface area (Å²) < 4.78 is 5.45. The minimum atomic E-state index is -0.405. The van der Waals surface area contributed by atoms with Crippen molar-refractivity contribution in [2.24, 2.45) is 5.41 Å². The van der Waals surface area contributed by atoms with E-state index < -0.39 is 5.41 Å². The highest BCUT2D eigenvalue weighted by Gasteiger charge is 2.25. The van der Waals surface area contributed by atoms with Crippen molar-refractivity contribution >= 4 is 11.8 Å². The number of hydrogen-bond acceptors (Lipinski definition) is 3. The fourth-order valence-electron chi connectivity index (χ4n) is 2.47. The molecule has 1 aromatic rings. The Kier molecular flexibility index (Phi) is 5.70. The zero-order valence-corrected chi connectivity index (χ0v) is 14.5. The molecule has 0 N–H and O–H groups in total. The number of allylic oxidation sites excluding steroid dienone is 1. The Morgan fingerprint density at radius 3 is 2.09 bits per heavy atom. The second kappa shape index (κ2) is 6.91. The van der Waals surface area contributed by atoms with E-state index in [1.54, 1.807) is 6.92 Å². The van der Waals surface area contributed by atoms with E-state index in [4.69, 9.17) is 4.74 Å². The van der Waals surface area contributed by atoms with Gasteiger partial charge >= 0.3 is 5.97 Å². The van der Waals surface area contributed by atoms with Gasteiger partial charge in [-0.1, -0.05) is 38.1 Å². The van der Waals surface area contributed by atoms with Gasteiger partial charge in [-0.2, -0.15) is 0 Å². The Morgan fingerprint density at radius 2 is 1.64 bits per heavy atom. The van der Waals surface area contributed by atoms with E-state index in [2.05, 4.69) is 6.58 Å². The summed E-state index contributed by atoms with van der Waals surface area (Å²) >= 11 is 0. The Bertz CT molecular complexity index is 586. The molecule has 0 saturated heterocycles. The molecule has 0 aliphatic carbocycles. The molecule has 0 aliphatic heterocycles. The third-order valence-corrected chi connectivity index (χ3v) is 3.59. The molecule has 0 atom stereocenters. The fourth-order valence-corrected chi connectivity index (χ4v) is 2.47. The van der Waals surface area contributed by atoms with E-state index >= 15 is 0 Å². The number of carbonyl (C=O) groups excluding carboxylic acids is 2. The van der Waals surface area contributed by atoms with Crippen molar-refractivity contribution in [2.45, 2.75) is 48.0 Å². The van der Waals surface area contributed by atoms with E-state index in [9.17, 15) is 9.59 Å². The van der Waals surface area contributed by atoms with E-state index in [-0.39, 0.29) is 18.4 Å². The fraction of sp³-hybridized carbons (Fsp3) is 0.474. The number of hydrogen-bond donors (Lipinski definition) is 0. The predicted molar refractivity (Wildman–Crippen MR) is 89.2 cm³/mol. The lowest BCUT2D eigenvalue weighted by molar-refractivity contribution is -0.118. The first-order valence-electron chi connectivity index (χ1n) is 7.47. The van der Waals surface area contributed by atoms with Crippen LogP contribution in [0.15, 0.2) is 24.3 Å². The van der Waals surface area contributed by atoms with Crippen LogP contribution in [0, 0.1) is 26.2 Å². The van der Waals surface area contributed by atoms with Crippen LogP contribution < -0.4 is 0 Å². The van der Waals surface area contributed by atoms with Crippen LogP contribution in [0.4, 0.5) is 0 Å². The van der Waals surface area contributed by atoms with Gasteiger partial charge < -0.3 is 4.74 Å². The lowest BCUT2D eigenvalue weighted by atomic mass is 9.87. The number of esters is 1. The first-order valence-corrected chi connectivity index (χ1v) is 7.47. The normalized spacial score (nSPS) is 11.2. The summed E-state index contributed by atoms with van der Waals surface area (Å²) in [5.41, 5.74) is 3.70. The third-order valence-electron chi connectivity index (χ3n) is 3.59. The lowest BCUT2D eigenvalue weighted by Crippen LogP contribution is -2.26. The molecule has 0 saturated carbocycles. The van der Waals surface area contributed by atoms with E-state index in [1.165, 1.54) is 0 Å². The minimum absolute atomic E-state index is 0.00347. The largest absolute Gasteiger partial charge is 0.461 e. The summed E-state index contributed by atoms with van der Waals surface area (Å²) in [5, 5.41) is 0. The summed E-state index contributed by atoms with van der Waals surface area (Å²) in [4.78, 5) is 24.1. The first-order chi connectivity index (χ1) is 10.0. The Labute approximate surface area is 133 Å². The highest BCUT2D eigenvalue weighted by atomic mass is 16.5. The molecule has 0 unspecified atom stereocenters. The SMILES string of the molecule is C=C(C)C(=O)CC(C)(C)COC(=O)c1c(C)cc(C)cc1C. The smallest absolute Gasteiger partial charge is 0.338 e. The highest BCUT2D eigenvalue weighted by molar-refractivity contribution is 5.95. The van der Waals surface area contributed by atoms with E-state index in [0.29, 0.717) is 17.6 Å². The second-order valence-corrected chi connectivity index (χ2v) is 6.89. The number of benzene rings is 1. The molecule has 3 heteroatoms. The van der Waals surface area contributed by atoms with E-state index in [1.807, 2.05) is 46.8 Å². The van der Waals surface area contributed by atoms with E-state index in [0.717, 1.165) is 16.7 Å². The number of rotatable bonds is 6. The molecule has 22 heavy (non-hydrogen) atoms. The van der Waals surface area contributed by atoms with Crippen LogP contribution in [-0.4, -0.2) is 18.4 Å². The molecule has 3 nitrogen and oxygen atoms in total. The highest BCUT2D eigenvalue weighted by Crippen LogP contribution is 2.24. The number of carbonyl (C=O) groups is 2. The van der Waals surface area contributed by atoms with Crippen molar-refractivity contribution < 1.29 is 14.3 Å². The zero-order chi connectivity index (χ0) is 17.1. The standard InChI is InChI=1S/C19H26O3/c1-12(2)16(20)10-19(6,7)11-22-18(21)17-14(4)8-13(3)9-15(17)5/h8-9H,1,10-11H2,2-7H3. The van der Waals surface area contributed by atoms with Gasteiger partial charge in [0.2, 0.25) is 0 Å². The van der Waals surface area contributed by atoms with Crippen LogP contribution in [-0.2, 0) is 9.53 Å². The maximum Gasteiger partial charge on any atom is 0.338 e. The molecule has 0 radical (unpaired) electrons. The molecule has 0 amide bonds. The summed E-state index contributed by atoms with van der Waals surface area (Å²) in [6.07, 6.45) is 0.321. The summed E-state index contributed by atoms with van der Waals surface area (Å²) in [5.74, 6) is -0.324. The van der Waals surface area contributed by atoms with Crippen molar-refractivity contribution in [1.29, 1.82) is 0 Å². The molecule has 1 aromatic carbocycles. The van der Waals surface area contributed by atoms with Crippen LogP contribution in [0.3, 0.4) is 0 Å². The molecular formula is C19H26O3. The monoisotopic (exact) mass is 302 g/mol. The molecule has 0 bridgehead atoms. The number of Topliss-reactive ketones (excluding diaryl/α,β-unsaturated/α-hetero) is 1. The van der Waals surface area contributed by atoms with Crippen LogP contribution in [0.25, 0.3) is 0 Å². The molecule has 0 fully saturated rings. The van der Waals surface area contributed by atoms with Crippen molar-refractivity contribution in [3.05, 3.63) is 46.5 Å². The average Bonchev–Trinajstić information content (AvgIpc) is 2.34. The number of aryl methyl sites for hydroxylation is 3. The van der Waals surface area contributed by atoms with Gasteiger partial charge in [-0.25, -0.2) is 4.79 Å². The quantitative estimate of drug-likeness (QED) is 0.580. The maximum atomic E-state index is 12.3. The van der Waals surface area contributed by atoms with Gasteiger partial charge in [0, 0.05) is 11.8 Å². The Balaban J connectivity index is 2.78. The lowest BCUT2D eigenvalue weighted by Gasteiger charge is -2.24. The number of ketones is 1. The van der Waals surface area contributed by atoms with Crippen LogP contribution in [0.2, 0.25) is 0 Å². The predicted octanol–water partition coefficient (Wildman–Crippen LogP) is 4.33. The van der Waals surface area contributed by atoms with Gasteiger partial charge in [0.05, 0.1) is 12.2 Å². The molecule has 0 aromatic heterocycles. The minimum Gasteiger partial charge on any atom is -0.461 e. The van der Waals surface area contributed by atoms with Crippen LogP contribution >= 0.6 is 0 Å². The van der Waals surface area contributed by atoms with Crippen LogP contribution in [0.5, 0.6) is 0 Å². The summed E-state index contributed by atoms with van der Waals surface area (Å²) in [6.45, 7) is 15.2. The third kappa shape index (κ3) is 4.83. The van der Waals surface area contributed by atoms with Crippen molar-refractivity contribution in [3.63, 3.8) is 0 Å². The van der Waals surface area contributed by atoms with Gasteiger partial charge in [0.25, 0.3) is 0 Å². The second-order valence-electron chi connectivity index (χ2n) is 6.89. The van der Waals surface area contributed by atoms with Gasteiger partial charge in [-0.05, 0) is 44.4 Å². The van der Waals surface area contributed by atoms with Crippen molar-refractivity contribution in [1.82, 2.24) is 0 Å². The van der Waals surface area contributed by atoms with Gasteiger partial charge in [0.15, 0.2) is 5.78 Å². The zero-order valence-electron chi connectivity index (χ0n) is 14.5. The number of ether oxygens (including phenoxy) is 1. The Hall–Kier alpha value is -1.90. The Morgan fingerprint density at radius 1 is 1.14 bits per heavy atom. The molecular weight excluding hydrogens is 276 g/mol.